The molecule has 0 atom stereocenters. The second-order valence-corrected chi connectivity index (χ2v) is 3.63. The lowest BCUT2D eigenvalue weighted by Gasteiger charge is -1.97. The summed E-state index contributed by atoms with van der Waals surface area (Å²) in [5.74, 6) is -0.119. The molecule has 0 N–H and O–H groups in total. The Bertz CT molecular complexity index is 316. The molecule has 0 fully saturated rings. The highest BCUT2D eigenvalue weighted by molar-refractivity contribution is 9.12. The molecule has 0 heterocycles. The topological polar surface area (TPSA) is 17.1 Å². The van der Waals surface area contributed by atoms with Gasteiger partial charge >= 0.3 is 0 Å². The average molecular weight is 246 g/mol. The first kappa shape index (κ1) is 9.49. The second kappa shape index (κ2) is 3.87. The van der Waals surface area contributed by atoms with E-state index < -0.39 is 0 Å². The minimum atomic E-state index is -0.119. The largest absolute Gasteiger partial charge is 0.288 e. The molecule has 1 aromatic rings. The highest BCUT2D eigenvalue weighted by atomic mass is 79.9. The first-order valence-corrected chi connectivity index (χ1v) is 4.43. The van der Waals surface area contributed by atoms with Crippen molar-refractivity contribution in [3.8, 4) is 0 Å². The summed E-state index contributed by atoms with van der Waals surface area (Å²) in [7, 11) is 0. The fourth-order valence-corrected chi connectivity index (χ4v) is 1.11. The summed E-state index contributed by atoms with van der Waals surface area (Å²) in [6.45, 7) is 3.49. The van der Waals surface area contributed by atoms with Crippen LogP contribution in [0, 0.1) is 0 Å². The van der Waals surface area contributed by atoms with Crippen LogP contribution in [0.2, 0.25) is 5.02 Å². The Morgan fingerprint density at radius 2 is 1.83 bits per heavy atom. The molecule has 0 radical (unpaired) electrons. The highest BCUT2D eigenvalue weighted by Gasteiger charge is 2.06. The van der Waals surface area contributed by atoms with Crippen LogP contribution in [-0.4, -0.2) is 5.78 Å². The summed E-state index contributed by atoms with van der Waals surface area (Å²) < 4.78 is 0.352. The Labute approximate surface area is 84.2 Å². The Balaban J connectivity index is 2.98. The van der Waals surface area contributed by atoms with Gasteiger partial charge in [-0.15, -0.1) is 0 Å². The van der Waals surface area contributed by atoms with Crippen molar-refractivity contribution >= 4 is 33.3 Å². The van der Waals surface area contributed by atoms with Crippen molar-refractivity contribution in [1.82, 2.24) is 0 Å². The molecule has 62 valence electrons. The van der Waals surface area contributed by atoms with E-state index in [1.54, 1.807) is 24.3 Å². The van der Waals surface area contributed by atoms with Crippen molar-refractivity contribution in [2.75, 3.05) is 0 Å². The fourth-order valence-electron chi connectivity index (χ4n) is 0.758. The van der Waals surface area contributed by atoms with Gasteiger partial charge in [0.25, 0.3) is 0 Å². The van der Waals surface area contributed by atoms with Gasteiger partial charge in [0.1, 0.15) is 0 Å². The molecule has 0 saturated carbocycles. The van der Waals surface area contributed by atoms with E-state index in [9.17, 15) is 4.79 Å². The number of Topliss-reactive ketones (excluding diaryl/α,β-unsaturated/α-hetero) is 1. The number of allylic oxidation sites excluding steroid dienone is 1. The van der Waals surface area contributed by atoms with Gasteiger partial charge in [-0.1, -0.05) is 18.2 Å². The van der Waals surface area contributed by atoms with Crippen LogP contribution in [0.1, 0.15) is 10.4 Å². The SMILES string of the molecule is C=C(Br)C(=O)c1ccc(Cl)cc1. The quantitative estimate of drug-likeness (QED) is 0.576. The van der Waals surface area contributed by atoms with E-state index in [-0.39, 0.29) is 5.78 Å². The summed E-state index contributed by atoms with van der Waals surface area (Å²) in [4.78, 5) is 11.3. The molecule has 0 bridgehead atoms. The van der Waals surface area contributed by atoms with E-state index in [0.717, 1.165) is 0 Å². The number of hydrogen-bond donors (Lipinski definition) is 0. The summed E-state index contributed by atoms with van der Waals surface area (Å²) >= 11 is 8.67. The molecule has 0 aliphatic rings. The predicted molar refractivity (Wildman–Crippen MR) is 53.8 cm³/mol. The van der Waals surface area contributed by atoms with Crippen LogP contribution in [-0.2, 0) is 0 Å². The third kappa shape index (κ3) is 2.19. The van der Waals surface area contributed by atoms with Crippen molar-refractivity contribution in [3.63, 3.8) is 0 Å². The van der Waals surface area contributed by atoms with Crippen LogP contribution in [0.25, 0.3) is 0 Å². The van der Waals surface area contributed by atoms with Gasteiger partial charge in [-0.3, -0.25) is 4.79 Å². The van der Waals surface area contributed by atoms with Gasteiger partial charge in [0.15, 0.2) is 5.78 Å². The van der Waals surface area contributed by atoms with E-state index in [4.69, 9.17) is 11.6 Å². The Morgan fingerprint density at radius 3 is 2.25 bits per heavy atom. The summed E-state index contributed by atoms with van der Waals surface area (Å²) in [5.41, 5.74) is 0.585. The van der Waals surface area contributed by atoms with E-state index >= 15 is 0 Å². The van der Waals surface area contributed by atoms with E-state index in [2.05, 4.69) is 22.5 Å². The molecule has 0 aromatic heterocycles. The van der Waals surface area contributed by atoms with Crippen molar-refractivity contribution in [1.29, 1.82) is 0 Å². The maximum atomic E-state index is 11.3. The molecule has 0 unspecified atom stereocenters. The number of rotatable bonds is 2. The Kier molecular flexibility index (Phi) is 3.06. The monoisotopic (exact) mass is 244 g/mol. The molecular formula is C9H6BrClO. The second-order valence-electron chi connectivity index (χ2n) is 2.24. The normalized spacial score (nSPS) is 9.50. The number of ketones is 1. The third-order valence-electron chi connectivity index (χ3n) is 1.35. The molecular weight excluding hydrogens is 239 g/mol. The van der Waals surface area contributed by atoms with Crippen molar-refractivity contribution in [2.45, 2.75) is 0 Å². The molecule has 1 aromatic carbocycles. The minimum absolute atomic E-state index is 0.119. The predicted octanol–water partition coefficient (Wildman–Crippen LogP) is 3.43. The molecule has 0 aliphatic carbocycles. The summed E-state index contributed by atoms with van der Waals surface area (Å²) in [5, 5.41) is 0.617. The van der Waals surface area contributed by atoms with Crippen LogP contribution in [0.3, 0.4) is 0 Å². The first-order chi connectivity index (χ1) is 5.61. The zero-order chi connectivity index (χ0) is 9.14. The van der Waals surface area contributed by atoms with Crippen LogP contribution in [0.5, 0.6) is 0 Å². The van der Waals surface area contributed by atoms with Crippen molar-refractivity contribution in [2.24, 2.45) is 0 Å². The smallest absolute Gasteiger partial charge is 0.199 e. The van der Waals surface area contributed by atoms with Crippen molar-refractivity contribution in [3.05, 3.63) is 45.9 Å². The van der Waals surface area contributed by atoms with Gasteiger partial charge in [-0.05, 0) is 40.2 Å². The third-order valence-corrected chi connectivity index (χ3v) is 1.96. The van der Waals surface area contributed by atoms with Gasteiger partial charge in [-0.25, -0.2) is 0 Å². The fraction of sp³-hybridized carbons (Fsp3) is 0. The number of carbonyl (C=O) groups is 1. The number of halogens is 2. The lowest BCUT2D eigenvalue weighted by molar-refractivity contribution is 0.104. The molecule has 1 rings (SSSR count). The lowest BCUT2D eigenvalue weighted by Crippen LogP contribution is -1.96. The molecule has 12 heavy (non-hydrogen) atoms. The minimum Gasteiger partial charge on any atom is -0.288 e. The molecule has 1 nitrogen and oxygen atoms in total. The van der Waals surface area contributed by atoms with Gasteiger partial charge in [0, 0.05) is 10.6 Å². The van der Waals surface area contributed by atoms with E-state index in [1.165, 1.54) is 0 Å². The zero-order valence-electron chi connectivity index (χ0n) is 6.18. The van der Waals surface area contributed by atoms with E-state index in [0.29, 0.717) is 15.1 Å². The Morgan fingerprint density at radius 1 is 1.33 bits per heavy atom. The molecule has 0 aliphatic heterocycles. The maximum Gasteiger partial charge on any atom is 0.199 e. The lowest BCUT2D eigenvalue weighted by atomic mass is 10.1. The standard InChI is InChI=1S/C9H6BrClO/c1-6(10)9(12)7-2-4-8(11)5-3-7/h2-5H,1H2. The number of benzene rings is 1. The van der Waals surface area contributed by atoms with Gasteiger partial charge < -0.3 is 0 Å². The van der Waals surface area contributed by atoms with Gasteiger partial charge in [0.05, 0.1) is 4.48 Å². The summed E-state index contributed by atoms with van der Waals surface area (Å²) in [6.07, 6.45) is 0. The van der Waals surface area contributed by atoms with Crippen LogP contribution in [0.15, 0.2) is 35.3 Å². The summed E-state index contributed by atoms with van der Waals surface area (Å²) in [6, 6.07) is 6.67. The van der Waals surface area contributed by atoms with Crippen LogP contribution >= 0.6 is 27.5 Å². The van der Waals surface area contributed by atoms with Crippen LogP contribution < -0.4 is 0 Å². The maximum absolute atomic E-state index is 11.3. The molecule has 0 saturated heterocycles. The zero-order valence-corrected chi connectivity index (χ0v) is 8.52. The van der Waals surface area contributed by atoms with Crippen molar-refractivity contribution < 1.29 is 4.79 Å². The van der Waals surface area contributed by atoms with Crippen LogP contribution in [0.4, 0.5) is 0 Å². The number of carbonyl (C=O) groups excluding carboxylic acids is 1. The van der Waals surface area contributed by atoms with Gasteiger partial charge in [0.2, 0.25) is 0 Å². The first-order valence-electron chi connectivity index (χ1n) is 3.26. The molecule has 3 heteroatoms. The molecule has 0 spiro atoms. The Hall–Kier alpha value is -0.600. The average Bonchev–Trinajstić information content (AvgIpc) is 2.04. The number of hydrogen-bond acceptors (Lipinski definition) is 1. The molecule has 0 amide bonds. The van der Waals surface area contributed by atoms with E-state index in [1.807, 2.05) is 0 Å². The van der Waals surface area contributed by atoms with Gasteiger partial charge in [-0.2, -0.15) is 0 Å². The highest BCUT2D eigenvalue weighted by Crippen LogP contribution is 2.14.